The van der Waals surface area contributed by atoms with Gasteiger partial charge in [-0.25, -0.2) is 0 Å². The summed E-state index contributed by atoms with van der Waals surface area (Å²) in [5.74, 6) is 0. The van der Waals surface area contributed by atoms with Gasteiger partial charge >= 0.3 is 63.5 Å². The average Bonchev–Trinajstić information content (AvgIpc) is 0. The summed E-state index contributed by atoms with van der Waals surface area (Å²) in [5.41, 5.74) is 0. The molecule has 0 amide bonds. The molecule has 0 radical (unpaired) electrons. The summed E-state index contributed by atoms with van der Waals surface area (Å²) in [5, 5.41) is 0. The fraction of sp³-hybridized carbons (Fsp3) is 0. The normalized spacial score (nSPS) is 0. The average molecular weight is 213 g/mol. The van der Waals surface area contributed by atoms with Gasteiger partial charge in [-0.2, -0.15) is 0 Å². The zero-order chi connectivity index (χ0) is 0. The Hall–Kier alpha value is 2.11. The van der Waals surface area contributed by atoms with Crippen molar-refractivity contribution in [2.45, 2.75) is 0 Å². The molecule has 0 rings (SSSR count). The molecule has 0 aromatic heterocycles. The van der Waals surface area contributed by atoms with Gasteiger partial charge in [-0.1, -0.05) is 0 Å². The van der Waals surface area contributed by atoms with Crippen molar-refractivity contribution in [1.29, 1.82) is 0 Å². The fourth-order valence-corrected chi connectivity index (χ4v) is 0. The molecule has 0 aromatic carbocycles. The van der Waals surface area contributed by atoms with E-state index < -0.39 is 0 Å². The molecule has 0 spiro atoms. The molecule has 0 heterocycles. The Morgan fingerprint density at radius 2 is 0.400 bits per heavy atom. The molecule has 10 heteroatoms. The molecule has 10 heavy (non-hydrogen) atoms. The third-order valence-electron chi connectivity index (χ3n) is 0. The molecule has 6 N–H and O–H groups in total. The Kier molecular flexibility index (Phi) is 8510. The van der Waals surface area contributed by atoms with Crippen molar-refractivity contribution in [3.05, 3.63) is 0 Å². The summed E-state index contributed by atoms with van der Waals surface area (Å²) in [6.07, 6.45) is 0. The number of halogens is 1. The topological polar surface area (TPSA) is 180 Å². The Labute approximate surface area is 108 Å². The zero-order valence-electron chi connectivity index (χ0n) is 5.05. The third kappa shape index (κ3) is 188. The second kappa shape index (κ2) is 254. The van der Waals surface area contributed by atoms with Crippen LogP contribution < -0.4 is 12.4 Å². The predicted molar refractivity (Wildman–Crippen MR) is 28.9 cm³/mol. The van der Waals surface area contributed by atoms with E-state index in [1.807, 2.05) is 0 Å². The molecule has 0 aliphatic rings. The van der Waals surface area contributed by atoms with Crippen LogP contribution in [-0.4, -0.2) is 96.3 Å². The van der Waals surface area contributed by atoms with Crippen LogP contribution in [0.2, 0.25) is 0 Å². The van der Waals surface area contributed by atoms with Crippen LogP contribution in [0.4, 0.5) is 0 Å². The first kappa shape index (κ1) is 335. The van der Waals surface area contributed by atoms with Gasteiger partial charge in [0, 0.05) is 0 Å². The van der Waals surface area contributed by atoms with Gasteiger partial charge in [-0.3, -0.25) is 0 Å². The van der Waals surface area contributed by atoms with Crippen molar-refractivity contribution in [3.63, 3.8) is 0 Å². The summed E-state index contributed by atoms with van der Waals surface area (Å²) >= 11 is 0. The van der Waals surface area contributed by atoms with Gasteiger partial charge in [-0.15, -0.1) is 0 Å². The van der Waals surface area contributed by atoms with Crippen LogP contribution in [0.15, 0.2) is 0 Å². The molecule has 0 fully saturated rings. The van der Waals surface area contributed by atoms with Gasteiger partial charge in [0.2, 0.25) is 0 Å². The minimum absolute atomic E-state index is 0. The van der Waals surface area contributed by atoms with Crippen LogP contribution in [0.1, 0.15) is 0 Å². The molecule has 6 nitrogen and oxygen atoms in total. The maximum absolute atomic E-state index is 0. The van der Waals surface area contributed by atoms with E-state index in [1.165, 1.54) is 0 Å². The molecule has 56 valence electrons. The van der Waals surface area contributed by atoms with Crippen LogP contribution in [0.5, 0.6) is 0 Å². The van der Waals surface area contributed by atoms with Crippen LogP contribution in [0, 0.1) is 0 Å². The SMILES string of the molecule is [Al+3].[Cl-].[Mg+2].[Mg+2].[OH-].[OH-].[OH-].[OH-].[OH-].[OH-]. The second-order valence-electron chi connectivity index (χ2n) is 0. The van der Waals surface area contributed by atoms with Crippen LogP contribution >= 0.6 is 0 Å². The first-order valence-electron chi connectivity index (χ1n) is 0. The monoisotopic (exact) mass is 212 g/mol. The summed E-state index contributed by atoms with van der Waals surface area (Å²) < 4.78 is 0. The summed E-state index contributed by atoms with van der Waals surface area (Å²) in [4.78, 5) is 0. The second-order valence-corrected chi connectivity index (χ2v) is 0. The Morgan fingerprint density at radius 1 is 0.400 bits per heavy atom. The fourth-order valence-electron chi connectivity index (χ4n) is 0. The van der Waals surface area contributed by atoms with Crippen LogP contribution in [0.3, 0.4) is 0 Å². The minimum Gasteiger partial charge on any atom is -1.00 e. The minimum atomic E-state index is 0. The molecule has 0 aliphatic carbocycles. The maximum Gasteiger partial charge on any atom is 3.00 e. The van der Waals surface area contributed by atoms with E-state index in [0.29, 0.717) is 0 Å². The molecule has 0 aliphatic heterocycles. The van der Waals surface area contributed by atoms with Crippen molar-refractivity contribution >= 4 is 63.5 Å². The van der Waals surface area contributed by atoms with Gasteiger partial charge in [0.1, 0.15) is 0 Å². The maximum atomic E-state index is 0. The first-order valence-corrected chi connectivity index (χ1v) is 0. The van der Waals surface area contributed by atoms with E-state index in [2.05, 4.69) is 0 Å². The Balaban J connectivity index is 0. The van der Waals surface area contributed by atoms with Gasteiger partial charge in [0.25, 0.3) is 0 Å². The molecule has 0 unspecified atom stereocenters. The van der Waals surface area contributed by atoms with E-state index in [0.717, 1.165) is 0 Å². The first-order chi connectivity index (χ1) is 0. The zero-order valence-corrected chi connectivity index (χ0v) is 9.79. The van der Waals surface area contributed by atoms with Gasteiger partial charge in [-0.05, 0) is 0 Å². The predicted octanol–water partition coefficient (Wildman–Crippen LogP) is -5.20. The molecule has 0 saturated carbocycles. The van der Waals surface area contributed by atoms with Gasteiger partial charge < -0.3 is 45.3 Å². The van der Waals surface area contributed by atoms with Crippen molar-refractivity contribution in [3.8, 4) is 0 Å². The van der Waals surface area contributed by atoms with E-state index in [1.54, 1.807) is 0 Å². The van der Waals surface area contributed by atoms with Crippen molar-refractivity contribution in [1.82, 2.24) is 0 Å². The van der Waals surface area contributed by atoms with Crippen molar-refractivity contribution in [2.24, 2.45) is 0 Å². The molecular formula is H6AlClMg2O6. The van der Waals surface area contributed by atoms with Gasteiger partial charge in [0.05, 0.1) is 0 Å². The van der Waals surface area contributed by atoms with E-state index in [9.17, 15) is 0 Å². The number of hydrogen-bond acceptors (Lipinski definition) is 6. The molecular weight excluding hydrogens is 207 g/mol. The molecule has 0 atom stereocenters. The molecule has 0 saturated heterocycles. The quantitative estimate of drug-likeness (QED) is 0.362. The molecule has 0 aromatic rings. The van der Waals surface area contributed by atoms with E-state index in [-0.39, 0.29) is 109 Å². The number of hydrogen-bond donors (Lipinski definition) is 0. The summed E-state index contributed by atoms with van der Waals surface area (Å²) in [7, 11) is 0. The molecule has 0 bridgehead atoms. The van der Waals surface area contributed by atoms with E-state index >= 15 is 0 Å². The van der Waals surface area contributed by atoms with Crippen molar-refractivity contribution < 1.29 is 45.3 Å². The Morgan fingerprint density at radius 3 is 0.400 bits per heavy atom. The summed E-state index contributed by atoms with van der Waals surface area (Å²) in [6, 6.07) is 0. The van der Waals surface area contributed by atoms with Crippen LogP contribution in [-0.2, 0) is 0 Å². The Bertz CT molecular complexity index is 15.7. The van der Waals surface area contributed by atoms with Crippen molar-refractivity contribution in [2.75, 3.05) is 0 Å². The van der Waals surface area contributed by atoms with E-state index in [4.69, 9.17) is 0 Å². The standard InChI is InChI=1S/Al.ClH.2Mg.6H2O/h;1H;;;6*1H2/q+3;;2*+2;;;;;;/p-7. The third-order valence-corrected chi connectivity index (χ3v) is 0. The smallest absolute Gasteiger partial charge is 1.00 e. The van der Waals surface area contributed by atoms with Crippen LogP contribution in [0.25, 0.3) is 0 Å². The largest absolute Gasteiger partial charge is 3.00 e. The summed E-state index contributed by atoms with van der Waals surface area (Å²) in [6.45, 7) is 0. The number of rotatable bonds is 0. The van der Waals surface area contributed by atoms with Gasteiger partial charge in [0.15, 0.2) is 0 Å².